The van der Waals surface area contributed by atoms with Gasteiger partial charge in [-0.25, -0.2) is 9.97 Å². The molecule has 4 aliphatic rings. The second-order valence-corrected chi connectivity index (χ2v) is 21.0. The number of piperidine rings is 2. The SMILES string of the molecule is CCCN(CC1CCN([C@@H](C(=O)[C@@H](c2cccs2)N2CCC(CN(CCC)C3CCc4nc(N)sc4C3)CC2)c2cccs2)CC1)C1CCc2nc(N)sc2C1. The zero-order valence-corrected chi connectivity index (χ0v) is 36.7. The van der Waals surface area contributed by atoms with Crippen molar-refractivity contribution in [3.05, 3.63) is 65.9 Å². The molecule has 8 rings (SSSR count). The van der Waals surface area contributed by atoms with Crippen LogP contribution in [0.15, 0.2) is 35.0 Å². The predicted octanol–water partition coefficient (Wildman–Crippen LogP) is 8.20. The van der Waals surface area contributed by atoms with Gasteiger partial charge in [-0.15, -0.1) is 45.3 Å². The van der Waals surface area contributed by atoms with Crippen molar-refractivity contribution in [2.75, 3.05) is 63.8 Å². The summed E-state index contributed by atoms with van der Waals surface area (Å²) in [5, 5.41) is 5.75. The van der Waals surface area contributed by atoms with Crippen molar-refractivity contribution in [1.82, 2.24) is 29.6 Å². The predicted molar refractivity (Wildman–Crippen MR) is 236 cm³/mol. The van der Waals surface area contributed by atoms with Crippen molar-refractivity contribution in [3.63, 3.8) is 0 Å². The highest BCUT2D eigenvalue weighted by Gasteiger charge is 2.41. The van der Waals surface area contributed by atoms with E-state index in [0.717, 1.165) is 114 Å². The molecule has 4 N–H and O–H groups in total. The van der Waals surface area contributed by atoms with E-state index in [0.29, 0.717) is 29.7 Å². The third-order valence-corrected chi connectivity index (χ3v) is 16.8. The van der Waals surface area contributed by atoms with Crippen LogP contribution < -0.4 is 11.5 Å². The number of aryl methyl sites for hydroxylation is 2. The van der Waals surface area contributed by atoms with Crippen LogP contribution in [0.2, 0.25) is 0 Å². The first-order valence-corrected chi connectivity index (χ1v) is 24.8. The first-order chi connectivity index (χ1) is 27.4. The fourth-order valence-electron chi connectivity index (χ4n) is 10.3. The number of aromatic nitrogens is 2. The molecule has 56 heavy (non-hydrogen) atoms. The van der Waals surface area contributed by atoms with Gasteiger partial charge in [0, 0.05) is 44.7 Å². The molecule has 2 fully saturated rings. The maximum Gasteiger partial charge on any atom is 0.180 e. The molecule has 0 spiro atoms. The third-order valence-electron chi connectivity index (χ3n) is 13.1. The average Bonchev–Trinajstić information content (AvgIpc) is 4.04. The molecule has 13 heteroatoms. The topological polar surface area (TPSA) is 108 Å². The summed E-state index contributed by atoms with van der Waals surface area (Å²) in [4.78, 5) is 40.3. The lowest BCUT2D eigenvalue weighted by Gasteiger charge is -2.43. The molecule has 0 saturated carbocycles. The van der Waals surface area contributed by atoms with Crippen molar-refractivity contribution < 1.29 is 4.79 Å². The Hall–Kier alpha value is -2.23. The highest BCUT2D eigenvalue weighted by atomic mass is 32.1. The van der Waals surface area contributed by atoms with E-state index in [1.54, 1.807) is 45.3 Å². The van der Waals surface area contributed by atoms with Crippen LogP contribution in [0.3, 0.4) is 0 Å². The molecule has 0 radical (unpaired) electrons. The van der Waals surface area contributed by atoms with Gasteiger partial charge in [0.25, 0.3) is 0 Å². The number of Topliss-reactive ketones (excluding diaryl/α,β-unsaturated/α-hetero) is 1. The van der Waals surface area contributed by atoms with Gasteiger partial charge in [-0.05, 0) is 151 Å². The molecule has 2 aliphatic carbocycles. The smallest absolute Gasteiger partial charge is 0.180 e. The first kappa shape index (κ1) is 40.5. The number of nitrogens with two attached hydrogens (primary N) is 2. The highest BCUT2D eigenvalue weighted by molar-refractivity contribution is 7.15. The van der Waals surface area contributed by atoms with Gasteiger partial charge in [-0.3, -0.25) is 24.4 Å². The molecule has 4 aromatic rings. The number of nitrogen functional groups attached to an aromatic ring is 2. The van der Waals surface area contributed by atoms with E-state index in [9.17, 15) is 0 Å². The molecule has 304 valence electrons. The third kappa shape index (κ3) is 9.30. The maximum atomic E-state index is 15.2. The summed E-state index contributed by atoms with van der Waals surface area (Å²) in [6.07, 6.45) is 13.5. The van der Waals surface area contributed by atoms with Gasteiger partial charge in [-0.1, -0.05) is 26.0 Å². The second-order valence-electron chi connectivity index (χ2n) is 16.8. The molecule has 2 aliphatic heterocycles. The minimum atomic E-state index is -0.196. The molecular formula is C43H62N8OS4. The normalized spacial score (nSPS) is 22.7. The lowest BCUT2D eigenvalue weighted by Crippen LogP contribution is -2.49. The molecule has 2 saturated heterocycles. The number of nitrogens with zero attached hydrogens (tertiary/aromatic N) is 6. The van der Waals surface area contributed by atoms with Crippen molar-refractivity contribution in [2.24, 2.45) is 11.8 Å². The Kier molecular flexibility index (Phi) is 13.6. The summed E-state index contributed by atoms with van der Waals surface area (Å²) < 4.78 is 0. The van der Waals surface area contributed by atoms with E-state index in [2.05, 4.69) is 78.4 Å². The Morgan fingerprint density at radius 3 is 1.52 bits per heavy atom. The lowest BCUT2D eigenvalue weighted by molar-refractivity contribution is -0.131. The Labute approximate surface area is 350 Å². The largest absolute Gasteiger partial charge is 0.375 e. The Morgan fingerprint density at radius 1 is 0.714 bits per heavy atom. The molecule has 0 bridgehead atoms. The molecule has 0 amide bonds. The van der Waals surface area contributed by atoms with E-state index in [-0.39, 0.29) is 12.1 Å². The molecule has 9 nitrogen and oxygen atoms in total. The zero-order chi connectivity index (χ0) is 38.6. The van der Waals surface area contributed by atoms with Crippen LogP contribution in [0.1, 0.15) is 108 Å². The number of rotatable bonds is 16. The maximum absolute atomic E-state index is 15.2. The van der Waals surface area contributed by atoms with E-state index in [4.69, 9.17) is 11.5 Å². The number of anilines is 2. The second kappa shape index (κ2) is 18.8. The van der Waals surface area contributed by atoms with Crippen LogP contribution in [0.4, 0.5) is 10.3 Å². The minimum Gasteiger partial charge on any atom is -0.375 e. The number of likely N-dealkylation sites (tertiary alicyclic amines) is 2. The fourth-order valence-corrected chi connectivity index (χ4v) is 13.9. The minimum absolute atomic E-state index is 0.196. The van der Waals surface area contributed by atoms with Gasteiger partial charge in [0.15, 0.2) is 16.0 Å². The zero-order valence-electron chi connectivity index (χ0n) is 33.4. The summed E-state index contributed by atoms with van der Waals surface area (Å²) in [6.45, 7) is 13.1. The number of hydrogen-bond acceptors (Lipinski definition) is 13. The molecule has 6 heterocycles. The Balaban J connectivity index is 0.913. The molecule has 4 atom stereocenters. The molecule has 4 aromatic heterocycles. The van der Waals surface area contributed by atoms with Crippen LogP contribution in [0.25, 0.3) is 0 Å². The summed E-state index contributed by atoms with van der Waals surface area (Å²) in [5.41, 5.74) is 14.7. The summed E-state index contributed by atoms with van der Waals surface area (Å²) >= 11 is 6.90. The Morgan fingerprint density at radius 2 is 1.14 bits per heavy atom. The molecular weight excluding hydrogens is 773 g/mol. The van der Waals surface area contributed by atoms with E-state index in [1.807, 2.05) is 0 Å². The lowest BCUT2D eigenvalue weighted by atomic mass is 9.89. The number of carbonyl (C=O) groups is 1. The van der Waals surface area contributed by atoms with Gasteiger partial charge in [0.2, 0.25) is 0 Å². The number of fused-ring (bicyclic) bond motifs is 2. The first-order valence-electron chi connectivity index (χ1n) is 21.4. The van der Waals surface area contributed by atoms with E-state index < -0.39 is 0 Å². The summed E-state index contributed by atoms with van der Waals surface area (Å²) in [6, 6.07) is 9.44. The number of carbonyl (C=O) groups excluding carboxylic acids is 1. The van der Waals surface area contributed by atoms with Crippen LogP contribution in [-0.4, -0.2) is 99.8 Å². The van der Waals surface area contributed by atoms with Gasteiger partial charge in [-0.2, -0.15) is 0 Å². The monoisotopic (exact) mass is 834 g/mol. The standard InChI is InChI=1S/C43H62N8OS4/c1-3-17-50(31-9-11-33-37(25-31)55-42(44)46-33)27-29-13-19-48(20-14-29)39(35-7-5-23-53-35)41(52)40(36-8-6-24-54-36)49-21-15-30(16-22-49)28-51(18-4-2)32-10-12-34-38(26-32)56-43(45)47-34/h5-8,23-24,29-32,39-40H,3-4,9-22,25-28H2,1-2H3,(H2,44,46)(H2,45,47)/t31?,32?,39-,40-/m1/s1. The average molecular weight is 835 g/mol. The summed E-state index contributed by atoms with van der Waals surface area (Å²) in [7, 11) is 0. The van der Waals surface area contributed by atoms with Gasteiger partial charge >= 0.3 is 0 Å². The van der Waals surface area contributed by atoms with Crippen LogP contribution in [0.5, 0.6) is 0 Å². The number of hydrogen-bond donors (Lipinski definition) is 2. The van der Waals surface area contributed by atoms with Crippen LogP contribution >= 0.6 is 45.3 Å². The van der Waals surface area contributed by atoms with Crippen molar-refractivity contribution >= 4 is 61.4 Å². The van der Waals surface area contributed by atoms with Gasteiger partial charge in [0.05, 0.1) is 11.4 Å². The number of ketones is 1. The fraction of sp³-hybridized carbons (Fsp3) is 0.651. The quantitative estimate of drug-likeness (QED) is 0.116. The highest BCUT2D eigenvalue weighted by Crippen LogP contribution is 2.40. The van der Waals surface area contributed by atoms with Crippen molar-refractivity contribution in [3.8, 4) is 0 Å². The summed E-state index contributed by atoms with van der Waals surface area (Å²) in [5.74, 6) is 1.68. The van der Waals surface area contributed by atoms with Gasteiger partial charge < -0.3 is 11.5 Å². The van der Waals surface area contributed by atoms with Crippen molar-refractivity contribution in [2.45, 2.75) is 115 Å². The van der Waals surface area contributed by atoms with Gasteiger partial charge in [0.1, 0.15) is 12.1 Å². The van der Waals surface area contributed by atoms with Crippen LogP contribution in [0, 0.1) is 11.8 Å². The molecule has 0 aromatic carbocycles. The number of thiazole rings is 2. The van der Waals surface area contributed by atoms with E-state index >= 15 is 4.79 Å². The van der Waals surface area contributed by atoms with Crippen LogP contribution in [-0.2, 0) is 30.5 Å². The van der Waals surface area contributed by atoms with E-state index in [1.165, 1.54) is 56.6 Å². The number of thiophene rings is 2. The molecule has 2 unspecified atom stereocenters. The Bertz CT molecular complexity index is 1690. The van der Waals surface area contributed by atoms with Crippen molar-refractivity contribution in [1.29, 1.82) is 0 Å².